The third-order valence-electron chi connectivity index (χ3n) is 6.31. The zero-order valence-electron chi connectivity index (χ0n) is 18.7. The molecule has 4 aromatic rings. The number of benzene rings is 2. The van der Waals surface area contributed by atoms with Crippen molar-refractivity contribution in [1.82, 2.24) is 14.9 Å². The Morgan fingerprint density at radius 2 is 1.47 bits per heavy atom. The number of aromatic nitrogens is 2. The van der Waals surface area contributed by atoms with Gasteiger partial charge in [0.25, 0.3) is 0 Å². The second kappa shape index (κ2) is 9.43. The third kappa shape index (κ3) is 4.75. The van der Waals surface area contributed by atoms with E-state index < -0.39 is 11.9 Å². The molecule has 1 fully saturated rings. The molecule has 3 heterocycles. The highest BCUT2D eigenvalue weighted by Crippen LogP contribution is 2.36. The molecule has 174 valence electrons. The second-order valence-corrected chi connectivity index (χ2v) is 8.52. The average Bonchev–Trinajstić information content (AvgIpc) is 2.87. The number of alkyl halides is 3. The number of fused-ring (bicyclic) bond motifs is 1. The molecule has 0 aliphatic carbocycles. The van der Waals surface area contributed by atoms with Gasteiger partial charge in [-0.25, -0.2) is 9.97 Å². The number of rotatable bonds is 5. The lowest BCUT2D eigenvalue weighted by Gasteiger charge is -2.36. The number of pyridine rings is 2. The minimum atomic E-state index is -4.50. The Balaban J connectivity index is 1.41. The van der Waals surface area contributed by atoms with Crippen LogP contribution in [0.15, 0.2) is 79.0 Å². The summed E-state index contributed by atoms with van der Waals surface area (Å²) < 4.78 is 40.3. The lowest BCUT2D eigenvalue weighted by atomic mass is 10.0. The van der Waals surface area contributed by atoms with E-state index in [1.807, 2.05) is 36.4 Å². The second-order valence-electron chi connectivity index (χ2n) is 8.52. The summed E-state index contributed by atoms with van der Waals surface area (Å²) in [5.41, 5.74) is 2.16. The predicted molar refractivity (Wildman–Crippen MR) is 129 cm³/mol. The van der Waals surface area contributed by atoms with E-state index in [0.717, 1.165) is 50.8 Å². The lowest BCUT2D eigenvalue weighted by molar-refractivity contribution is -0.140. The topological polar surface area (TPSA) is 32.3 Å². The molecule has 0 radical (unpaired) electrons. The predicted octanol–water partition coefficient (Wildman–Crippen LogP) is 5.68. The molecule has 2 aromatic carbocycles. The van der Waals surface area contributed by atoms with E-state index >= 15 is 0 Å². The highest BCUT2D eigenvalue weighted by atomic mass is 19.4. The monoisotopic (exact) mass is 462 g/mol. The van der Waals surface area contributed by atoms with Crippen molar-refractivity contribution >= 4 is 16.7 Å². The van der Waals surface area contributed by atoms with E-state index in [1.165, 1.54) is 11.6 Å². The number of nitrogens with zero attached hydrogens (tertiary/aromatic N) is 4. The molecule has 1 saturated heterocycles. The molecule has 2 aromatic heterocycles. The fraction of sp³-hybridized carbons (Fsp3) is 0.259. The highest BCUT2D eigenvalue weighted by Gasteiger charge is 2.33. The molecule has 0 atom stereocenters. The Morgan fingerprint density at radius 1 is 0.794 bits per heavy atom. The fourth-order valence-corrected chi connectivity index (χ4v) is 4.46. The molecular weight excluding hydrogens is 437 g/mol. The van der Waals surface area contributed by atoms with E-state index in [9.17, 15) is 13.2 Å². The van der Waals surface area contributed by atoms with Gasteiger partial charge >= 0.3 is 6.18 Å². The molecule has 1 aliphatic rings. The molecule has 4 nitrogen and oxygen atoms in total. The van der Waals surface area contributed by atoms with Crippen molar-refractivity contribution in [3.05, 3.63) is 90.3 Å². The third-order valence-corrected chi connectivity index (χ3v) is 6.31. The number of halogens is 3. The summed E-state index contributed by atoms with van der Waals surface area (Å²) in [7, 11) is 0. The molecule has 0 spiro atoms. The van der Waals surface area contributed by atoms with Gasteiger partial charge in [-0.2, -0.15) is 13.2 Å². The Kier molecular flexibility index (Phi) is 6.20. The van der Waals surface area contributed by atoms with Gasteiger partial charge < -0.3 is 4.90 Å². The van der Waals surface area contributed by atoms with Crippen molar-refractivity contribution in [3.63, 3.8) is 0 Å². The minimum absolute atomic E-state index is 0.331. The van der Waals surface area contributed by atoms with Gasteiger partial charge in [-0.15, -0.1) is 0 Å². The van der Waals surface area contributed by atoms with Gasteiger partial charge in [0.1, 0.15) is 11.5 Å². The average molecular weight is 463 g/mol. The largest absolute Gasteiger partial charge is 0.433 e. The van der Waals surface area contributed by atoms with Crippen LogP contribution in [-0.4, -0.2) is 47.6 Å². The molecule has 34 heavy (non-hydrogen) atoms. The van der Waals surface area contributed by atoms with Crippen LogP contribution in [0.3, 0.4) is 0 Å². The summed E-state index contributed by atoms with van der Waals surface area (Å²) in [5.74, 6) is 0.693. The van der Waals surface area contributed by atoms with Gasteiger partial charge in [-0.1, -0.05) is 60.7 Å². The Bertz CT molecular complexity index is 1250. The quantitative estimate of drug-likeness (QED) is 0.382. The molecule has 0 saturated carbocycles. The molecule has 0 unspecified atom stereocenters. The van der Waals surface area contributed by atoms with Gasteiger partial charge in [0.05, 0.1) is 5.52 Å². The van der Waals surface area contributed by atoms with Crippen LogP contribution in [0.2, 0.25) is 0 Å². The molecular formula is C27H25F3N4. The Morgan fingerprint density at radius 3 is 2.15 bits per heavy atom. The number of anilines is 1. The van der Waals surface area contributed by atoms with Crippen molar-refractivity contribution in [2.75, 3.05) is 37.6 Å². The summed E-state index contributed by atoms with van der Waals surface area (Å²) in [4.78, 5) is 13.3. The van der Waals surface area contributed by atoms with Crippen LogP contribution in [0.1, 0.15) is 11.3 Å². The molecule has 5 rings (SSSR count). The van der Waals surface area contributed by atoms with Crippen molar-refractivity contribution < 1.29 is 13.2 Å². The van der Waals surface area contributed by atoms with Crippen LogP contribution >= 0.6 is 0 Å². The van der Waals surface area contributed by atoms with Crippen molar-refractivity contribution in [2.45, 2.75) is 12.6 Å². The smallest absolute Gasteiger partial charge is 0.353 e. The minimum Gasteiger partial charge on any atom is -0.353 e. The number of hydrogen-bond donors (Lipinski definition) is 0. The summed E-state index contributed by atoms with van der Waals surface area (Å²) in [6.45, 7) is 4.27. The summed E-state index contributed by atoms with van der Waals surface area (Å²) >= 11 is 0. The van der Waals surface area contributed by atoms with Gasteiger partial charge in [0.2, 0.25) is 0 Å². The molecule has 1 aliphatic heterocycles. The number of hydrogen-bond acceptors (Lipinski definition) is 4. The van der Waals surface area contributed by atoms with Crippen LogP contribution in [0.5, 0.6) is 0 Å². The maximum atomic E-state index is 13.4. The van der Waals surface area contributed by atoms with Crippen LogP contribution in [-0.2, 0) is 12.6 Å². The van der Waals surface area contributed by atoms with Crippen LogP contribution in [0.4, 0.5) is 19.0 Å². The van der Waals surface area contributed by atoms with E-state index in [2.05, 4.69) is 39.0 Å². The van der Waals surface area contributed by atoms with Crippen LogP contribution in [0.25, 0.3) is 22.0 Å². The molecule has 7 heteroatoms. The summed E-state index contributed by atoms with van der Waals surface area (Å²) in [5, 5.41) is 0.645. The first-order chi connectivity index (χ1) is 16.5. The standard InChI is InChI=1S/C27H25F3N4/c28-27(29,30)24-12-11-22-25(32-24)23(21-9-5-2-6-10-21)19-31-26(22)34-17-15-33(16-18-34)14-13-20-7-3-1-4-8-20/h1-12,19H,13-18H2. The number of piperazine rings is 1. The maximum Gasteiger partial charge on any atom is 0.433 e. The van der Waals surface area contributed by atoms with E-state index in [1.54, 1.807) is 6.20 Å². The van der Waals surface area contributed by atoms with E-state index in [4.69, 9.17) is 4.98 Å². The fourth-order valence-electron chi connectivity index (χ4n) is 4.46. The van der Waals surface area contributed by atoms with Gasteiger partial charge in [-0.3, -0.25) is 4.90 Å². The van der Waals surface area contributed by atoms with Crippen molar-refractivity contribution in [1.29, 1.82) is 0 Å². The summed E-state index contributed by atoms with van der Waals surface area (Å²) in [6, 6.07) is 22.3. The Hall–Kier alpha value is -3.45. The zero-order chi connectivity index (χ0) is 23.5. The Labute approximate surface area is 196 Å². The van der Waals surface area contributed by atoms with E-state index in [0.29, 0.717) is 22.3 Å². The van der Waals surface area contributed by atoms with Crippen LogP contribution in [0, 0.1) is 0 Å². The lowest BCUT2D eigenvalue weighted by Crippen LogP contribution is -2.47. The van der Waals surface area contributed by atoms with Gasteiger partial charge in [0.15, 0.2) is 0 Å². The molecule has 0 N–H and O–H groups in total. The highest BCUT2D eigenvalue weighted by molar-refractivity contribution is 5.99. The molecule has 0 bridgehead atoms. The van der Waals surface area contributed by atoms with Crippen molar-refractivity contribution in [3.8, 4) is 11.1 Å². The van der Waals surface area contributed by atoms with Crippen molar-refractivity contribution in [2.24, 2.45) is 0 Å². The SMILES string of the molecule is FC(F)(F)c1ccc2c(N3CCN(CCc4ccccc4)CC3)ncc(-c3ccccc3)c2n1. The first-order valence-electron chi connectivity index (χ1n) is 11.4. The normalized spacial score (nSPS) is 15.1. The first kappa shape index (κ1) is 22.3. The molecule has 0 amide bonds. The zero-order valence-corrected chi connectivity index (χ0v) is 18.7. The first-order valence-corrected chi connectivity index (χ1v) is 11.4. The summed E-state index contributed by atoms with van der Waals surface area (Å²) in [6.07, 6.45) is -1.85. The van der Waals surface area contributed by atoms with Gasteiger partial charge in [-0.05, 0) is 29.7 Å². The maximum absolute atomic E-state index is 13.4. The van der Waals surface area contributed by atoms with E-state index in [-0.39, 0.29) is 0 Å². The van der Waals surface area contributed by atoms with Crippen LogP contribution < -0.4 is 4.90 Å². The van der Waals surface area contributed by atoms with Gasteiger partial charge in [0, 0.05) is 49.9 Å².